The Kier molecular flexibility index (Phi) is 6.36. The van der Waals surface area contributed by atoms with Crippen molar-refractivity contribution in [2.45, 2.75) is 96.2 Å². The summed E-state index contributed by atoms with van der Waals surface area (Å²) in [6.45, 7) is 2.25. The molecule has 2 nitrogen and oxygen atoms in total. The van der Waals surface area contributed by atoms with Crippen LogP contribution in [0, 0.1) is 5.92 Å². The van der Waals surface area contributed by atoms with Crippen LogP contribution in [0.3, 0.4) is 0 Å². The van der Waals surface area contributed by atoms with Crippen LogP contribution >= 0.6 is 0 Å². The molecule has 2 fully saturated rings. The van der Waals surface area contributed by atoms with Gasteiger partial charge in [-0.3, -0.25) is 4.79 Å². The van der Waals surface area contributed by atoms with Crippen LogP contribution in [0.4, 0.5) is 0 Å². The van der Waals surface area contributed by atoms with Gasteiger partial charge in [-0.25, -0.2) is 0 Å². The highest BCUT2D eigenvalue weighted by molar-refractivity contribution is 5.82. The summed E-state index contributed by atoms with van der Waals surface area (Å²) < 4.78 is 6.26. The minimum Gasteiger partial charge on any atom is -0.374 e. The topological polar surface area (TPSA) is 26.3 Å². The lowest BCUT2D eigenvalue weighted by atomic mass is 9.81. The zero-order valence-corrected chi connectivity index (χ0v) is 12.5. The van der Waals surface area contributed by atoms with Crippen LogP contribution in [-0.4, -0.2) is 18.0 Å². The standard InChI is InChI=1S/C17H30O2/c1-2-3-4-5-9-14-10-8-13-17(19-14)15-11-6-7-12-16(15)18/h14-15,17H,2-13H2,1H3/t14-,15?,17+/m0/s1. The van der Waals surface area contributed by atoms with E-state index in [0.717, 1.165) is 25.7 Å². The molecule has 110 valence electrons. The Morgan fingerprint density at radius 1 is 1.05 bits per heavy atom. The molecule has 1 aliphatic heterocycles. The zero-order chi connectivity index (χ0) is 13.5. The first-order valence-electron chi connectivity index (χ1n) is 8.49. The molecule has 19 heavy (non-hydrogen) atoms. The van der Waals surface area contributed by atoms with E-state index in [9.17, 15) is 4.79 Å². The number of Topliss-reactive ketones (excluding diaryl/α,β-unsaturated/α-hetero) is 1. The Balaban J connectivity index is 1.74. The van der Waals surface area contributed by atoms with Gasteiger partial charge in [-0.15, -0.1) is 0 Å². The maximum Gasteiger partial charge on any atom is 0.138 e. The van der Waals surface area contributed by atoms with E-state index in [-0.39, 0.29) is 12.0 Å². The van der Waals surface area contributed by atoms with Crippen molar-refractivity contribution in [2.24, 2.45) is 5.92 Å². The Morgan fingerprint density at radius 3 is 2.74 bits per heavy atom. The van der Waals surface area contributed by atoms with Crippen molar-refractivity contribution in [3.05, 3.63) is 0 Å². The molecule has 1 heterocycles. The van der Waals surface area contributed by atoms with Crippen LogP contribution < -0.4 is 0 Å². The molecule has 0 aromatic heterocycles. The van der Waals surface area contributed by atoms with E-state index in [1.807, 2.05) is 0 Å². The Labute approximate surface area is 118 Å². The average Bonchev–Trinajstić information content (AvgIpc) is 2.44. The lowest BCUT2D eigenvalue weighted by Gasteiger charge is -2.36. The molecule has 0 spiro atoms. The summed E-state index contributed by atoms with van der Waals surface area (Å²) in [5.74, 6) is 0.704. The van der Waals surface area contributed by atoms with Crippen molar-refractivity contribution in [2.75, 3.05) is 0 Å². The highest BCUT2D eigenvalue weighted by atomic mass is 16.5. The van der Waals surface area contributed by atoms with Crippen LogP contribution in [0.5, 0.6) is 0 Å². The maximum absolute atomic E-state index is 12.0. The molecular weight excluding hydrogens is 236 g/mol. The molecule has 2 rings (SSSR count). The maximum atomic E-state index is 12.0. The molecule has 1 saturated carbocycles. The van der Waals surface area contributed by atoms with Crippen molar-refractivity contribution in [3.8, 4) is 0 Å². The quantitative estimate of drug-likeness (QED) is 0.654. The van der Waals surface area contributed by atoms with Gasteiger partial charge < -0.3 is 4.74 Å². The van der Waals surface area contributed by atoms with Gasteiger partial charge in [-0.2, -0.15) is 0 Å². The van der Waals surface area contributed by atoms with Crippen molar-refractivity contribution in [3.63, 3.8) is 0 Å². The Morgan fingerprint density at radius 2 is 1.95 bits per heavy atom. The number of unbranched alkanes of at least 4 members (excludes halogenated alkanes) is 3. The molecular formula is C17H30O2. The predicted molar refractivity (Wildman–Crippen MR) is 78.2 cm³/mol. The lowest BCUT2D eigenvalue weighted by Crippen LogP contribution is -2.38. The van der Waals surface area contributed by atoms with Gasteiger partial charge >= 0.3 is 0 Å². The SMILES string of the molecule is CCCCCC[C@H]1CCC[C@H](C2CCCCC2=O)O1. The minimum absolute atomic E-state index is 0.229. The second kappa shape index (κ2) is 8.04. The van der Waals surface area contributed by atoms with Gasteiger partial charge in [-0.1, -0.05) is 39.0 Å². The molecule has 3 atom stereocenters. The molecule has 0 aromatic carbocycles. The number of rotatable bonds is 6. The monoisotopic (exact) mass is 266 g/mol. The van der Waals surface area contributed by atoms with E-state index >= 15 is 0 Å². The summed E-state index contributed by atoms with van der Waals surface area (Å²) in [7, 11) is 0. The Hall–Kier alpha value is -0.370. The molecule has 2 aliphatic rings. The zero-order valence-electron chi connectivity index (χ0n) is 12.5. The molecule has 1 saturated heterocycles. The minimum atomic E-state index is 0.229. The normalized spacial score (nSPS) is 32.5. The van der Waals surface area contributed by atoms with E-state index in [0.29, 0.717) is 11.9 Å². The van der Waals surface area contributed by atoms with Crippen molar-refractivity contribution < 1.29 is 9.53 Å². The van der Waals surface area contributed by atoms with Gasteiger partial charge in [0.05, 0.1) is 12.2 Å². The number of ether oxygens (including phenoxy) is 1. The van der Waals surface area contributed by atoms with Gasteiger partial charge in [-0.05, 0) is 38.5 Å². The van der Waals surface area contributed by atoms with E-state index in [2.05, 4.69) is 6.92 Å². The third-order valence-corrected chi connectivity index (χ3v) is 4.81. The molecule has 2 heteroatoms. The fourth-order valence-electron chi connectivity index (χ4n) is 3.64. The van der Waals surface area contributed by atoms with Crippen molar-refractivity contribution in [1.29, 1.82) is 0 Å². The van der Waals surface area contributed by atoms with Gasteiger partial charge in [0.1, 0.15) is 5.78 Å². The van der Waals surface area contributed by atoms with Crippen LogP contribution in [-0.2, 0) is 9.53 Å². The van der Waals surface area contributed by atoms with E-state index < -0.39 is 0 Å². The predicted octanol–water partition coefficient (Wildman–Crippen LogP) is 4.65. The first-order valence-corrected chi connectivity index (χ1v) is 8.49. The van der Waals surface area contributed by atoms with E-state index in [1.54, 1.807) is 0 Å². The number of carbonyl (C=O) groups is 1. The summed E-state index contributed by atoms with van der Waals surface area (Å²) in [5, 5.41) is 0. The molecule has 0 amide bonds. The van der Waals surface area contributed by atoms with Gasteiger partial charge in [0.25, 0.3) is 0 Å². The average molecular weight is 266 g/mol. The first-order chi connectivity index (χ1) is 9.31. The van der Waals surface area contributed by atoms with Gasteiger partial charge in [0.2, 0.25) is 0 Å². The van der Waals surface area contributed by atoms with Crippen LogP contribution in [0.15, 0.2) is 0 Å². The summed E-state index contributed by atoms with van der Waals surface area (Å²) in [4.78, 5) is 12.0. The second-order valence-electron chi connectivity index (χ2n) is 6.40. The molecule has 1 aliphatic carbocycles. The summed E-state index contributed by atoms with van der Waals surface area (Å²) >= 11 is 0. The fourth-order valence-corrected chi connectivity index (χ4v) is 3.64. The van der Waals surface area contributed by atoms with Gasteiger partial charge in [0.15, 0.2) is 0 Å². The first kappa shape index (κ1) is 15.0. The molecule has 0 N–H and O–H groups in total. The largest absolute Gasteiger partial charge is 0.374 e. The van der Waals surface area contributed by atoms with Crippen LogP contribution in [0.2, 0.25) is 0 Å². The highest BCUT2D eigenvalue weighted by Gasteiger charge is 2.34. The van der Waals surface area contributed by atoms with E-state index in [1.165, 1.54) is 51.4 Å². The molecule has 0 bridgehead atoms. The number of ketones is 1. The van der Waals surface area contributed by atoms with Gasteiger partial charge in [0, 0.05) is 12.3 Å². The number of carbonyl (C=O) groups excluding carboxylic acids is 1. The summed E-state index contributed by atoms with van der Waals surface area (Å²) in [6.07, 6.45) is 14.9. The van der Waals surface area contributed by atoms with Crippen LogP contribution in [0.1, 0.15) is 84.0 Å². The Bertz CT molecular complexity index is 274. The lowest BCUT2D eigenvalue weighted by molar-refractivity contribution is -0.138. The van der Waals surface area contributed by atoms with Crippen LogP contribution in [0.25, 0.3) is 0 Å². The summed E-state index contributed by atoms with van der Waals surface area (Å²) in [6, 6.07) is 0. The third kappa shape index (κ3) is 4.59. The molecule has 0 aromatic rings. The molecule has 0 radical (unpaired) electrons. The second-order valence-corrected chi connectivity index (χ2v) is 6.40. The van der Waals surface area contributed by atoms with Crippen molar-refractivity contribution in [1.82, 2.24) is 0 Å². The smallest absolute Gasteiger partial charge is 0.138 e. The fraction of sp³-hybridized carbons (Fsp3) is 0.941. The van der Waals surface area contributed by atoms with Crippen molar-refractivity contribution >= 4 is 5.78 Å². The highest BCUT2D eigenvalue weighted by Crippen LogP contribution is 2.33. The summed E-state index contributed by atoms with van der Waals surface area (Å²) in [5.41, 5.74) is 0. The number of hydrogen-bond donors (Lipinski definition) is 0. The number of hydrogen-bond acceptors (Lipinski definition) is 2. The molecule has 1 unspecified atom stereocenters. The third-order valence-electron chi connectivity index (χ3n) is 4.81. The van der Waals surface area contributed by atoms with E-state index in [4.69, 9.17) is 4.74 Å².